The molecule has 0 saturated heterocycles. The number of nitrogens with one attached hydrogen (secondary N) is 3. The molecular weight excluding hydrogens is 671 g/mol. The van der Waals surface area contributed by atoms with Crippen molar-refractivity contribution in [3.8, 4) is 11.3 Å². The highest BCUT2D eigenvalue weighted by Crippen LogP contribution is 2.32. The fraction of sp³-hybridized carbons (Fsp3) is 0.111. The average Bonchev–Trinajstić information content (AvgIpc) is 3.42. The highest BCUT2D eigenvalue weighted by Gasteiger charge is 2.19. The van der Waals surface area contributed by atoms with Gasteiger partial charge in [0.05, 0.1) is 10.9 Å². The smallest absolute Gasteiger partial charge is 0.272 e. The van der Waals surface area contributed by atoms with Crippen molar-refractivity contribution in [1.29, 1.82) is 0 Å². The van der Waals surface area contributed by atoms with E-state index in [1.165, 1.54) is 34.7 Å². The summed E-state index contributed by atoms with van der Waals surface area (Å²) in [4.78, 5) is 46.1. The first-order valence-corrected chi connectivity index (χ1v) is 17.0. The van der Waals surface area contributed by atoms with Crippen LogP contribution in [-0.2, 0) is 9.59 Å². The van der Waals surface area contributed by atoms with Crippen molar-refractivity contribution in [2.24, 2.45) is 0 Å². The summed E-state index contributed by atoms with van der Waals surface area (Å²) in [6, 6.07) is 28.7. The predicted octanol–water partition coefficient (Wildman–Crippen LogP) is 9.26. The van der Waals surface area contributed by atoms with Gasteiger partial charge in [-0.2, -0.15) is 0 Å². The number of carbonyl (C=O) groups is 3. The third-order valence-electron chi connectivity index (χ3n) is 6.92. The molecule has 7 nitrogen and oxygen atoms in total. The molecule has 0 aliphatic rings. The predicted molar refractivity (Wildman–Crippen MR) is 194 cm³/mol. The molecule has 238 valence electrons. The van der Waals surface area contributed by atoms with Crippen LogP contribution in [0.3, 0.4) is 0 Å². The Hall–Kier alpha value is -4.41. The van der Waals surface area contributed by atoms with Gasteiger partial charge in [-0.3, -0.25) is 14.4 Å². The first-order chi connectivity index (χ1) is 22.5. The quantitative estimate of drug-likeness (QED) is 0.0996. The second kappa shape index (κ2) is 15.5. The minimum atomic E-state index is -0.559. The summed E-state index contributed by atoms with van der Waals surface area (Å²) in [5.74, 6) is -1.21. The second-order valence-corrected chi connectivity index (χ2v) is 14.0. The largest absolute Gasteiger partial charge is 0.321 e. The van der Waals surface area contributed by atoms with Gasteiger partial charge < -0.3 is 16.0 Å². The van der Waals surface area contributed by atoms with Crippen LogP contribution in [0.25, 0.3) is 17.3 Å². The lowest BCUT2D eigenvalue weighted by Gasteiger charge is -2.14. The van der Waals surface area contributed by atoms with Gasteiger partial charge in [0.2, 0.25) is 5.91 Å². The van der Waals surface area contributed by atoms with Crippen LogP contribution in [0, 0.1) is 13.8 Å². The Labute approximate surface area is 291 Å². The number of rotatable bonds is 10. The zero-order valence-corrected chi connectivity index (χ0v) is 28.8. The lowest BCUT2D eigenvalue weighted by molar-refractivity contribution is -0.115. The van der Waals surface area contributed by atoms with Crippen molar-refractivity contribution in [2.75, 3.05) is 10.6 Å². The van der Waals surface area contributed by atoms with E-state index < -0.39 is 17.1 Å². The van der Waals surface area contributed by atoms with Crippen molar-refractivity contribution in [2.45, 2.75) is 30.9 Å². The normalized spacial score (nSPS) is 11.9. The highest BCUT2D eigenvalue weighted by atomic mass is 35.5. The number of anilines is 2. The number of halogens is 2. The number of aryl methyl sites for hydroxylation is 2. The maximum Gasteiger partial charge on any atom is 0.272 e. The van der Waals surface area contributed by atoms with E-state index in [-0.39, 0.29) is 11.6 Å². The van der Waals surface area contributed by atoms with E-state index in [0.29, 0.717) is 32.0 Å². The van der Waals surface area contributed by atoms with Crippen LogP contribution in [0.2, 0.25) is 10.0 Å². The molecule has 1 aromatic heterocycles. The minimum absolute atomic E-state index is 0.0161. The summed E-state index contributed by atoms with van der Waals surface area (Å²) in [5.41, 5.74) is 4.36. The number of benzene rings is 4. The molecule has 3 N–H and O–H groups in total. The molecule has 1 heterocycles. The Balaban J connectivity index is 1.28. The SMILES string of the molecule is Cc1ccc(-c2nc(NC(=O)C(C)Sc3cccc(NC(=O)/C(=C\c4ccc(Cl)cc4Cl)NC(=O)c4ccccc4)c3)sc2C)cc1. The van der Waals surface area contributed by atoms with Gasteiger partial charge in [-0.15, -0.1) is 23.1 Å². The number of carbonyl (C=O) groups excluding carboxylic acids is 3. The molecular formula is C36H30Cl2N4O3S2. The monoisotopic (exact) mass is 700 g/mol. The summed E-state index contributed by atoms with van der Waals surface area (Å²) >= 11 is 15.2. The molecule has 0 radical (unpaired) electrons. The number of amides is 3. The molecule has 0 spiro atoms. The molecule has 5 aromatic rings. The van der Waals surface area contributed by atoms with Crippen molar-refractivity contribution >= 4 is 80.9 Å². The first kappa shape index (κ1) is 33.9. The first-order valence-electron chi connectivity index (χ1n) is 14.5. The van der Waals surface area contributed by atoms with Gasteiger partial charge in [0.15, 0.2) is 5.13 Å². The third kappa shape index (κ3) is 9.11. The zero-order chi connectivity index (χ0) is 33.5. The second-order valence-electron chi connectivity index (χ2n) is 10.6. The lowest BCUT2D eigenvalue weighted by atomic mass is 10.1. The van der Waals surface area contributed by atoms with Crippen LogP contribution in [0.4, 0.5) is 10.8 Å². The molecule has 11 heteroatoms. The Kier molecular flexibility index (Phi) is 11.2. The summed E-state index contributed by atoms with van der Waals surface area (Å²) in [7, 11) is 0. The Morgan fingerprint density at radius 3 is 2.34 bits per heavy atom. The fourth-order valence-corrected chi connectivity index (χ4v) is 6.68. The van der Waals surface area contributed by atoms with Crippen LogP contribution in [0.15, 0.2) is 108 Å². The van der Waals surface area contributed by atoms with E-state index >= 15 is 0 Å². The molecule has 4 aromatic carbocycles. The van der Waals surface area contributed by atoms with Crippen LogP contribution in [0.5, 0.6) is 0 Å². The number of thiazole rings is 1. The van der Waals surface area contributed by atoms with Crippen molar-refractivity contribution in [1.82, 2.24) is 10.3 Å². The molecule has 47 heavy (non-hydrogen) atoms. The summed E-state index contributed by atoms with van der Waals surface area (Å²) in [5, 5.41) is 9.33. The summed E-state index contributed by atoms with van der Waals surface area (Å²) in [6.07, 6.45) is 1.49. The lowest BCUT2D eigenvalue weighted by Crippen LogP contribution is -2.30. The number of nitrogens with zero attached hydrogens (tertiary/aromatic N) is 1. The molecule has 0 bridgehead atoms. The van der Waals surface area contributed by atoms with E-state index in [1.807, 2.05) is 51.1 Å². The fourth-order valence-electron chi connectivity index (χ4n) is 4.46. The van der Waals surface area contributed by atoms with Crippen molar-refractivity contribution in [3.63, 3.8) is 0 Å². The average molecular weight is 702 g/mol. The van der Waals surface area contributed by atoms with Crippen LogP contribution in [-0.4, -0.2) is 28.0 Å². The van der Waals surface area contributed by atoms with E-state index in [4.69, 9.17) is 23.2 Å². The van der Waals surface area contributed by atoms with E-state index in [1.54, 1.807) is 66.7 Å². The number of thioether (sulfide) groups is 1. The Morgan fingerprint density at radius 2 is 1.62 bits per heavy atom. The molecule has 0 fully saturated rings. The molecule has 3 amide bonds. The van der Waals surface area contributed by atoms with Crippen LogP contribution >= 0.6 is 46.3 Å². The summed E-state index contributed by atoms with van der Waals surface area (Å²) < 4.78 is 0. The van der Waals surface area contributed by atoms with Gasteiger partial charge in [0, 0.05) is 36.6 Å². The topological polar surface area (TPSA) is 100 Å². The van der Waals surface area contributed by atoms with Gasteiger partial charge in [0.25, 0.3) is 11.8 Å². The Morgan fingerprint density at radius 1 is 0.872 bits per heavy atom. The standard InChI is InChI=1S/C36H30Cl2N4O3S2/c1-21-12-14-24(15-13-21)32-22(2)47-36(41-32)42-33(43)23(3)46-29-11-7-10-28(20-29)39-35(45)31(18-26-16-17-27(37)19-30(26)38)40-34(44)25-8-5-4-6-9-25/h4-20,23H,1-3H3,(H,39,45)(H,40,44)(H,41,42,43)/b31-18+. The number of hydrogen-bond acceptors (Lipinski definition) is 6. The van der Waals surface area contributed by atoms with Crippen molar-refractivity contribution < 1.29 is 14.4 Å². The molecule has 1 atom stereocenters. The molecule has 1 unspecified atom stereocenters. The Bertz CT molecular complexity index is 1960. The van der Waals surface area contributed by atoms with Gasteiger partial charge in [0.1, 0.15) is 5.70 Å². The van der Waals surface area contributed by atoms with E-state index in [2.05, 4.69) is 20.9 Å². The van der Waals surface area contributed by atoms with E-state index in [0.717, 1.165) is 21.0 Å². The molecule has 0 saturated carbocycles. The van der Waals surface area contributed by atoms with Gasteiger partial charge in [-0.1, -0.05) is 83.4 Å². The molecule has 0 aliphatic heterocycles. The van der Waals surface area contributed by atoms with Crippen molar-refractivity contribution in [3.05, 3.63) is 134 Å². The van der Waals surface area contributed by atoms with Gasteiger partial charge in [-0.05, 0) is 74.9 Å². The van der Waals surface area contributed by atoms with Gasteiger partial charge >= 0.3 is 0 Å². The highest BCUT2D eigenvalue weighted by molar-refractivity contribution is 8.00. The number of aromatic nitrogens is 1. The maximum absolute atomic E-state index is 13.5. The van der Waals surface area contributed by atoms with Gasteiger partial charge in [-0.25, -0.2) is 4.98 Å². The van der Waals surface area contributed by atoms with Crippen LogP contribution in [0.1, 0.15) is 33.3 Å². The van der Waals surface area contributed by atoms with E-state index in [9.17, 15) is 14.4 Å². The summed E-state index contributed by atoms with van der Waals surface area (Å²) in [6.45, 7) is 5.83. The maximum atomic E-state index is 13.5. The minimum Gasteiger partial charge on any atom is -0.321 e. The third-order valence-corrected chi connectivity index (χ3v) is 9.46. The molecule has 0 aliphatic carbocycles. The van der Waals surface area contributed by atoms with Crippen LogP contribution < -0.4 is 16.0 Å². The molecule has 5 rings (SSSR count). The number of hydrogen-bond donors (Lipinski definition) is 3. The zero-order valence-electron chi connectivity index (χ0n) is 25.6.